The van der Waals surface area contributed by atoms with Crippen molar-refractivity contribution in [3.8, 4) is 0 Å². The lowest BCUT2D eigenvalue weighted by Gasteiger charge is -2.08. The van der Waals surface area contributed by atoms with Gasteiger partial charge in [0.15, 0.2) is 0 Å². The monoisotopic (exact) mass is 511 g/mol. The molecule has 206 valence electrons. The molecule has 34 heavy (non-hydrogen) atoms. The molecule has 0 saturated heterocycles. The number of unbranched alkanes of at least 4 members (excludes halogenated alkanes) is 8. The number of thiol groups is 1. The molecular formula is C25H53NO7S. The Balaban J connectivity index is 2.99. The van der Waals surface area contributed by atoms with Crippen LogP contribution in [0.5, 0.6) is 0 Å². The van der Waals surface area contributed by atoms with Crippen molar-refractivity contribution >= 4 is 12.6 Å². The molecule has 0 aromatic heterocycles. The maximum atomic E-state index is 5.62. The van der Waals surface area contributed by atoms with Gasteiger partial charge >= 0.3 is 0 Å². The lowest BCUT2D eigenvalue weighted by atomic mass is 10.1. The van der Waals surface area contributed by atoms with E-state index in [-0.39, 0.29) is 0 Å². The Morgan fingerprint density at radius 1 is 0.324 bits per heavy atom. The molecule has 0 saturated carbocycles. The average molecular weight is 512 g/mol. The van der Waals surface area contributed by atoms with E-state index >= 15 is 0 Å². The van der Waals surface area contributed by atoms with Crippen LogP contribution in [0.1, 0.15) is 57.8 Å². The Morgan fingerprint density at radius 3 is 0.912 bits per heavy atom. The summed E-state index contributed by atoms with van der Waals surface area (Å²) in [7, 11) is 0. The second-order valence-corrected chi connectivity index (χ2v) is 8.43. The molecule has 0 amide bonds. The summed E-state index contributed by atoms with van der Waals surface area (Å²) in [5.74, 6) is 1.03. The fourth-order valence-electron chi connectivity index (χ4n) is 3.06. The molecule has 0 rings (SSSR count). The highest BCUT2D eigenvalue weighted by molar-refractivity contribution is 7.80. The van der Waals surface area contributed by atoms with Crippen molar-refractivity contribution < 1.29 is 33.2 Å². The van der Waals surface area contributed by atoms with E-state index in [1.165, 1.54) is 51.4 Å². The van der Waals surface area contributed by atoms with Crippen LogP contribution in [0.3, 0.4) is 0 Å². The largest absolute Gasteiger partial charge is 0.379 e. The molecule has 0 aromatic rings. The molecule has 2 N–H and O–H groups in total. The number of ether oxygens (including phenoxy) is 7. The highest BCUT2D eigenvalue weighted by atomic mass is 32.1. The Bertz CT molecular complexity index is 325. The van der Waals surface area contributed by atoms with Crippen LogP contribution in [0.15, 0.2) is 0 Å². The zero-order valence-electron chi connectivity index (χ0n) is 21.6. The minimum atomic E-state index is 0.537. The van der Waals surface area contributed by atoms with Gasteiger partial charge < -0.3 is 38.9 Å². The van der Waals surface area contributed by atoms with Crippen LogP contribution in [0, 0.1) is 0 Å². The minimum Gasteiger partial charge on any atom is -0.379 e. The van der Waals surface area contributed by atoms with E-state index in [4.69, 9.17) is 38.9 Å². The van der Waals surface area contributed by atoms with Crippen molar-refractivity contribution in [2.75, 3.05) is 105 Å². The van der Waals surface area contributed by atoms with E-state index in [0.29, 0.717) is 92.4 Å². The van der Waals surface area contributed by atoms with Crippen molar-refractivity contribution in [1.82, 2.24) is 0 Å². The van der Waals surface area contributed by atoms with Gasteiger partial charge in [-0.1, -0.05) is 44.9 Å². The molecule has 0 aliphatic carbocycles. The molecule has 0 bridgehead atoms. The molecule has 0 spiro atoms. The van der Waals surface area contributed by atoms with Crippen LogP contribution >= 0.6 is 12.6 Å². The minimum absolute atomic E-state index is 0.537. The van der Waals surface area contributed by atoms with E-state index in [2.05, 4.69) is 12.6 Å². The van der Waals surface area contributed by atoms with Crippen LogP contribution in [0.4, 0.5) is 0 Å². The Morgan fingerprint density at radius 2 is 0.588 bits per heavy atom. The van der Waals surface area contributed by atoms with Gasteiger partial charge in [-0.25, -0.2) is 0 Å². The Labute approximate surface area is 214 Å². The summed E-state index contributed by atoms with van der Waals surface area (Å²) in [5, 5.41) is 0. The van der Waals surface area contributed by atoms with E-state index in [0.717, 1.165) is 18.8 Å². The highest BCUT2D eigenvalue weighted by Crippen LogP contribution is 2.10. The molecule has 0 fully saturated rings. The van der Waals surface area contributed by atoms with Gasteiger partial charge in [-0.15, -0.1) is 0 Å². The smallest absolute Gasteiger partial charge is 0.0701 e. The maximum absolute atomic E-state index is 5.62. The van der Waals surface area contributed by atoms with Crippen molar-refractivity contribution in [3.63, 3.8) is 0 Å². The third-order valence-electron chi connectivity index (χ3n) is 4.94. The fourth-order valence-corrected chi connectivity index (χ4v) is 3.28. The zero-order valence-corrected chi connectivity index (χ0v) is 22.5. The van der Waals surface area contributed by atoms with Crippen molar-refractivity contribution in [2.24, 2.45) is 5.73 Å². The molecule has 0 atom stereocenters. The van der Waals surface area contributed by atoms with Gasteiger partial charge in [0.25, 0.3) is 0 Å². The summed E-state index contributed by atoms with van der Waals surface area (Å²) in [6.07, 6.45) is 11.8. The van der Waals surface area contributed by atoms with E-state index in [9.17, 15) is 0 Å². The third kappa shape index (κ3) is 32.0. The molecule has 0 aliphatic heterocycles. The number of hydrogen-bond donors (Lipinski definition) is 2. The van der Waals surface area contributed by atoms with Gasteiger partial charge in [-0.05, 0) is 18.6 Å². The molecule has 0 radical (unpaired) electrons. The summed E-state index contributed by atoms with van der Waals surface area (Å²) in [6, 6.07) is 0. The highest BCUT2D eigenvalue weighted by Gasteiger charge is 1.96. The molecular weight excluding hydrogens is 458 g/mol. The second kappa shape index (κ2) is 33.0. The molecule has 8 nitrogen and oxygen atoms in total. The van der Waals surface area contributed by atoms with Crippen LogP contribution in [-0.2, 0) is 33.2 Å². The Hall–Kier alpha value is 0.0300. The van der Waals surface area contributed by atoms with E-state index < -0.39 is 0 Å². The third-order valence-corrected chi connectivity index (χ3v) is 5.26. The summed E-state index contributed by atoms with van der Waals surface area (Å²) in [4.78, 5) is 0. The fraction of sp³-hybridized carbons (Fsp3) is 1.00. The summed E-state index contributed by atoms with van der Waals surface area (Å²) in [5.41, 5.74) is 5.32. The lowest BCUT2D eigenvalue weighted by Crippen LogP contribution is -2.15. The van der Waals surface area contributed by atoms with Crippen molar-refractivity contribution in [2.45, 2.75) is 57.8 Å². The molecule has 0 heterocycles. The van der Waals surface area contributed by atoms with Gasteiger partial charge in [0.1, 0.15) is 0 Å². The van der Waals surface area contributed by atoms with Gasteiger partial charge in [0.05, 0.1) is 85.9 Å². The first-order valence-electron chi connectivity index (χ1n) is 13.3. The van der Waals surface area contributed by atoms with Crippen LogP contribution in [0.25, 0.3) is 0 Å². The first-order chi connectivity index (χ1) is 16.9. The molecule has 0 aliphatic rings. The summed E-state index contributed by atoms with van der Waals surface area (Å²) in [6.45, 7) is 8.81. The lowest BCUT2D eigenvalue weighted by molar-refractivity contribution is -0.0203. The second-order valence-electron chi connectivity index (χ2n) is 7.98. The van der Waals surface area contributed by atoms with Gasteiger partial charge in [-0.2, -0.15) is 12.6 Å². The predicted octanol–water partition coefficient (Wildman–Crippen LogP) is 3.50. The van der Waals surface area contributed by atoms with Gasteiger partial charge in [-0.3, -0.25) is 0 Å². The molecule has 0 unspecified atom stereocenters. The average Bonchev–Trinajstić information content (AvgIpc) is 2.85. The van der Waals surface area contributed by atoms with Crippen molar-refractivity contribution in [1.29, 1.82) is 0 Å². The molecule has 9 heteroatoms. The first kappa shape index (κ1) is 34.0. The topological polar surface area (TPSA) is 90.6 Å². The van der Waals surface area contributed by atoms with Crippen LogP contribution in [-0.4, -0.2) is 105 Å². The van der Waals surface area contributed by atoms with Crippen LogP contribution < -0.4 is 5.73 Å². The van der Waals surface area contributed by atoms with E-state index in [1.807, 2.05) is 0 Å². The zero-order chi connectivity index (χ0) is 24.6. The quantitative estimate of drug-likeness (QED) is 0.108. The maximum Gasteiger partial charge on any atom is 0.0701 e. The van der Waals surface area contributed by atoms with Crippen molar-refractivity contribution in [3.05, 3.63) is 0 Å². The standard InChI is InChI=1S/C25H53NO7S/c26-10-12-28-14-16-30-18-20-32-22-24-33-23-21-31-19-17-29-15-13-27-11-8-6-4-2-1-3-5-7-9-25-34/h34H,1-26H2. The van der Waals surface area contributed by atoms with Crippen LogP contribution in [0.2, 0.25) is 0 Å². The Kier molecular flexibility index (Phi) is 33.1. The first-order valence-corrected chi connectivity index (χ1v) is 13.9. The van der Waals surface area contributed by atoms with E-state index in [1.54, 1.807) is 0 Å². The number of rotatable bonds is 31. The number of hydrogen-bond acceptors (Lipinski definition) is 9. The SMILES string of the molecule is NCCOCCOCCOCCOCCOCCOCCOCCCCCCCCCCCS. The summed E-state index contributed by atoms with van der Waals surface area (Å²) >= 11 is 4.24. The number of nitrogens with two attached hydrogens (primary N) is 1. The molecule has 0 aromatic carbocycles. The van der Waals surface area contributed by atoms with Gasteiger partial charge in [0, 0.05) is 13.2 Å². The van der Waals surface area contributed by atoms with Gasteiger partial charge in [0.2, 0.25) is 0 Å². The predicted molar refractivity (Wildman–Crippen MR) is 140 cm³/mol. The summed E-state index contributed by atoms with van der Waals surface area (Å²) < 4.78 is 38.0. The normalized spacial score (nSPS) is 11.5.